The standard InChI is InChI=1S/C15H25ClN2O2S/c1-4-11-21(19,20)17-12-15(18(5-2)6-3)13-9-7-8-10-14(13)16/h7-10,15,17H,4-6,11-12H2,1-3H3. The summed E-state index contributed by atoms with van der Waals surface area (Å²) in [6, 6.07) is 7.55. The Kier molecular flexibility index (Phi) is 7.66. The molecule has 120 valence electrons. The predicted molar refractivity (Wildman–Crippen MR) is 89.2 cm³/mol. The molecular formula is C15H25ClN2O2S. The van der Waals surface area contributed by atoms with E-state index in [1.165, 1.54) is 0 Å². The van der Waals surface area contributed by atoms with Gasteiger partial charge in [-0.25, -0.2) is 13.1 Å². The summed E-state index contributed by atoms with van der Waals surface area (Å²) in [6.45, 7) is 7.99. The normalized spacial score (nSPS) is 13.6. The van der Waals surface area contributed by atoms with Crippen molar-refractivity contribution in [2.75, 3.05) is 25.4 Å². The number of hydrogen-bond donors (Lipinski definition) is 1. The molecule has 4 nitrogen and oxygen atoms in total. The predicted octanol–water partition coefficient (Wildman–Crippen LogP) is 3.05. The van der Waals surface area contributed by atoms with E-state index in [-0.39, 0.29) is 11.8 Å². The Bertz CT molecular complexity index is 530. The van der Waals surface area contributed by atoms with Crippen LogP contribution in [0.15, 0.2) is 24.3 Å². The lowest BCUT2D eigenvalue weighted by molar-refractivity contribution is 0.220. The minimum Gasteiger partial charge on any atom is -0.296 e. The maximum atomic E-state index is 11.9. The second-order valence-corrected chi connectivity index (χ2v) is 7.26. The first-order valence-corrected chi connectivity index (χ1v) is 9.44. The monoisotopic (exact) mass is 332 g/mol. The van der Waals surface area contributed by atoms with Crippen molar-refractivity contribution >= 4 is 21.6 Å². The maximum absolute atomic E-state index is 11.9. The van der Waals surface area contributed by atoms with Crippen LogP contribution in [0, 0.1) is 0 Å². The lowest BCUT2D eigenvalue weighted by atomic mass is 10.1. The van der Waals surface area contributed by atoms with Crippen LogP contribution < -0.4 is 4.72 Å². The van der Waals surface area contributed by atoms with Crippen LogP contribution in [0.2, 0.25) is 5.02 Å². The summed E-state index contributed by atoms with van der Waals surface area (Å²) >= 11 is 6.28. The summed E-state index contributed by atoms with van der Waals surface area (Å²) in [6.07, 6.45) is 0.608. The number of rotatable bonds is 9. The molecule has 0 aromatic heterocycles. The van der Waals surface area contributed by atoms with Gasteiger partial charge in [-0.05, 0) is 31.1 Å². The summed E-state index contributed by atoms with van der Waals surface area (Å²) < 4.78 is 26.5. The maximum Gasteiger partial charge on any atom is 0.211 e. The van der Waals surface area contributed by atoms with Crippen molar-refractivity contribution in [1.82, 2.24) is 9.62 Å². The molecule has 21 heavy (non-hydrogen) atoms. The third-order valence-corrected chi connectivity index (χ3v) is 5.38. The van der Waals surface area contributed by atoms with Crippen molar-refractivity contribution in [3.05, 3.63) is 34.9 Å². The molecular weight excluding hydrogens is 308 g/mol. The van der Waals surface area contributed by atoms with Gasteiger partial charge in [-0.2, -0.15) is 0 Å². The topological polar surface area (TPSA) is 49.4 Å². The molecule has 1 unspecified atom stereocenters. The van der Waals surface area contributed by atoms with E-state index in [1.807, 2.05) is 31.2 Å². The minimum absolute atomic E-state index is 0.0552. The van der Waals surface area contributed by atoms with E-state index in [1.54, 1.807) is 0 Å². The molecule has 1 N–H and O–H groups in total. The van der Waals surface area contributed by atoms with Crippen LogP contribution in [-0.2, 0) is 10.0 Å². The zero-order valence-corrected chi connectivity index (χ0v) is 14.5. The molecule has 1 aromatic rings. The molecule has 1 aromatic carbocycles. The molecule has 1 rings (SSSR count). The van der Waals surface area contributed by atoms with E-state index in [9.17, 15) is 8.42 Å². The lowest BCUT2D eigenvalue weighted by Gasteiger charge is -2.30. The van der Waals surface area contributed by atoms with Crippen molar-refractivity contribution in [3.63, 3.8) is 0 Å². The number of nitrogens with one attached hydrogen (secondary N) is 1. The van der Waals surface area contributed by atoms with Gasteiger partial charge in [0.25, 0.3) is 0 Å². The van der Waals surface area contributed by atoms with Gasteiger partial charge in [0.2, 0.25) is 10.0 Å². The molecule has 0 aliphatic carbocycles. The molecule has 0 radical (unpaired) electrons. The largest absolute Gasteiger partial charge is 0.296 e. The number of nitrogens with zero attached hydrogens (tertiary/aromatic N) is 1. The number of likely N-dealkylation sites (N-methyl/N-ethyl adjacent to an activating group) is 1. The van der Waals surface area contributed by atoms with Gasteiger partial charge < -0.3 is 0 Å². The average Bonchev–Trinajstić information content (AvgIpc) is 2.44. The molecule has 0 heterocycles. The molecule has 0 aliphatic heterocycles. The highest BCUT2D eigenvalue weighted by Crippen LogP contribution is 2.27. The Morgan fingerprint density at radius 1 is 1.19 bits per heavy atom. The van der Waals surface area contributed by atoms with Crippen LogP contribution in [0.4, 0.5) is 0 Å². The zero-order chi connectivity index (χ0) is 15.9. The van der Waals surface area contributed by atoms with Crippen LogP contribution in [0.25, 0.3) is 0 Å². The van der Waals surface area contributed by atoms with E-state index < -0.39 is 10.0 Å². The second kappa shape index (κ2) is 8.73. The first-order valence-electron chi connectivity index (χ1n) is 7.40. The fraction of sp³-hybridized carbons (Fsp3) is 0.600. The molecule has 0 saturated carbocycles. The van der Waals surface area contributed by atoms with Crippen LogP contribution in [0.1, 0.15) is 38.8 Å². The average molecular weight is 333 g/mol. The van der Waals surface area contributed by atoms with Crippen LogP contribution >= 0.6 is 11.6 Å². The SMILES string of the molecule is CCCS(=O)(=O)NCC(c1ccccc1Cl)N(CC)CC. The Balaban J connectivity index is 2.97. The summed E-state index contributed by atoms with van der Waals surface area (Å²) in [7, 11) is -3.22. The summed E-state index contributed by atoms with van der Waals surface area (Å²) in [4.78, 5) is 2.20. The fourth-order valence-corrected chi connectivity index (χ4v) is 3.75. The zero-order valence-electron chi connectivity index (χ0n) is 13.0. The molecule has 6 heteroatoms. The molecule has 0 spiro atoms. The van der Waals surface area contributed by atoms with E-state index >= 15 is 0 Å². The third kappa shape index (κ3) is 5.58. The number of halogens is 1. The second-order valence-electron chi connectivity index (χ2n) is 4.93. The van der Waals surface area contributed by atoms with Crippen LogP contribution in [0.5, 0.6) is 0 Å². The van der Waals surface area contributed by atoms with E-state index in [4.69, 9.17) is 11.6 Å². The number of benzene rings is 1. The van der Waals surface area contributed by atoms with Gasteiger partial charge in [0, 0.05) is 17.6 Å². The first-order chi connectivity index (χ1) is 9.95. The third-order valence-electron chi connectivity index (χ3n) is 3.49. The summed E-state index contributed by atoms with van der Waals surface area (Å²) in [5.41, 5.74) is 0.960. The van der Waals surface area contributed by atoms with Gasteiger partial charge in [0.1, 0.15) is 0 Å². The van der Waals surface area contributed by atoms with Crippen molar-refractivity contribution in [1.29, 1.82) is 0 Å². The van der Waals surface area contributed by atoms with Crippen LogP contribution in [-0.4, -0.2) is 38.7 Å². The first kappa shape index (κ1) is 18.4. The van der Waals surface area contributed by atoms with Crippen LogP contribution in [0.3, 0.4) is 0 Å². The highest BCUT2D eigenvalue weighted by Gasteiger charge is 2.22. The molecule has 0 amide bonds. The van der Waals surface area contributed by atoms with Gasteiger partial charge in [-0.3, -0.25) is 4.90 Å². The van der Waals surface area contributed by atoms with Gasteiger partial charge >= 0.3 is 0 Å². The molecule has 0 bridgehead atoms. The Morgan fingerprint density at radius 3 is 2.33 bits per heavy atom. The highest BCUT2D eigenvalue weighted by molar-refractivity contribution is 7.89. The van der Waals surface area contributed by atoms with Gasteiger partial charge in [-0.15, -0.1) is 0 Å². The van der Waals surface area contributed by atoms with E-state index in [2.05, 4.69) is 23.5 Å². The summed E-state index contributed by atoms with van der Waals surface area (Å²) in [5.74, 6) is 0.153. The van der Waals surface area contributed by atoms with Crippen molar-refractivity contribution in [3.8, 4) is 0 Å². The summed E-state index contributed by atoms with van der Waals surface area (Å²) in [5, 5.41) is 0.670. The Hall–Kier alpha value is -0.620. The fourth-order valence-electron chi connectivity index (χ4n) is 2.39. The highest BCUT2D eigenvalue weighted by atomic mass is 35.5. The van der Waals surface area contributed by atoms with Gasteiger partial charge in [-0.1, -0.05) is 50.6 Å². The minimum atomic E-state index is -3.22. The number of sulfonamides is 1. The van der Waals surface area contributed by atoms with Gasteiger partial charge in [0.15, 0.2) is 0 Å². The quantitative estimate of drug-likeness (QED) is 0.756. The Labute approximate surface area is 133 Å². The number of hydrogen-bond acceptors (Lipinski definition) is 3. The molecule has 1 atom stereocenters. The van der Waals surface area contributed by atoms with Gasteiger partial charge in [0.05, 0.1) is 5.75 Å². The van der Waals surface area contributed by atoms with E-state index in [0.29, 0.717) is 18.0 Å². The van der Waals surface area contributed by atoms with Crippen molar-refractivity contribution < 1.29 is 8.42 Å². The Morgan fingerprint density at radius 2 is 1.81 bits per heavy atom. The molecule has 0 saturated heterocycles. The molecule has 0 aliphatic rings. The van der Waals surface area contributed by atoms with Crippen molar-refractivity contribution in [2.45, 2.75) is 33.2 Å². The van der Waals surface area contributed by atoms with E-state index in [0.717, 1.165) is 18.7 Å². The smallest absolute Gasteiger partial charge is 0.211 e. The lowest BCUT2D eigenvalue weighted by Crippen LogP contribution is -2.38. The molecule has 0 fully saturated rings. The van der Waals surface area contributed by atoms with Crippen molar-refractivity contribution in [2.24, 2.45) is 0 Å².